The molecule has 0 atom stereocenters. The number of non-ortho nitro benzene ring substituents is 1. The van der Waals surface area contributed by atoms with Crippen LogP contribution in [0.5, 0.6) is 23.0 Å². The number of anilines is 1. The molecule has 0 fully saturated rings. The first kappa shape index (κ1) is 47.1. The van der Waals surface area contributed by atoms with Gasteiger partial charge in [-0.05, 0) is 62.2 Å². The fraction of sp³-hybridized carbons (Fsp3) is 0.326. The number of ether oxygens (including phenoxy) is 6. The fourth-order valence-corrected chi connectivity index (χ4v) is 7.00. The molecule has 2 aliphatic heterocycles. The summed E-state index contributed by atoms with van der Waals surface area (Å²) in [6.45, 7) is 6.05. The first-order valence-corrected chi connectivity index (χ1v) is 20.7. The van der Waals surface area contributed by atoms with Crippen LogP contribution in [0.2, 0.25) is 0 Å². The molecule has 0 aliphatic carbocycles. The molecule has 0 saturated heterocycles. The molecular weight excluding hydrogens is 847 g/mol. The number of phenolic OH excluding ortho intramolecular Hbond substituents is 2. The lowest BCUT2D eigenvalue weighted by molar-refractivity contribution is -0.384. The normalized spacial score (nSPS) is 12.7. The van der Waals surface area contributed by atoms with Crippen molar-refractivity contribution < 1.29 is 62.7 Å². The number of rotatable bonds is 20. The minimum Gasteiger partial charge on any atom is -0.508 e. The molecule has 5 aromatic rings. The van der Waals surface area contributed by atoms with E-state index >= 15 is 0 Å². The Balaban J connectivity index is 0.000000236. The molecule has 1 spiro atoms. The Bertz CT molecular complexity index is 2450. The predicted octanol–water partition coefficient (Wildman–Crippen LogP) is 5.94. The minimum atomic E-state index is -1.17. The summed E-state index contributed by atoms with van der Waals surface area (Å²) in [6, 6.07) is 21.0. The zero-order valence-electron chi connectivity index (χ0n) is 35.8. The van der Waals surface area contributed by atoms with E-state index in [0.717, 1.165) is 0 Å². The number of esters is 1. The van der Waals surface area contributed by atoms with Crippen molar-refractivity contribution in [1.29, 1.82) is 0 Å². The van der Waals surface area contributed by atoms with Crippen molar-refractivity contribution in [2.45, 2.75) is 38.7 Å². The molecule has 19 nitrogen and oxygen atoms in total. The summed E-state index contributed by atoms with van der Waals surface area (Å²) in [5, 5.41) is 36.2. The van der Waals surface area contributed by atoms with Crippen molar-refractivity contribution in [3.8, 4) is 23.0 Å². The summed E-state index contributed by atoms with van der Waals surface area (Å²) in [4.78, 5) is 62.1. The number of amides is 1. The highest BCUT2D eigenvalue weighted by molar-refractivity contribution is 5.97. The first-order chi connectivity index (χ1) is 31.3. The van der Waals surface area contributed by atoms with Crippen molar-refractivity contribution in [2.75, 3.05) is 64.7 Å². The van der Waals surface area contributed by atoms with Gasteiger partial charge < -0.3 is 54.1 Å². The number of nitro groups is 1. The summed E-state index contributed by atoms with van der Waals surface area (Å²) in [7, 11) is 0. The average Bonchev–Trinajstić information content (AvgIpc) is 3.87. The number of carbonyl (C=O) groups excluding carboxylic acids is 4. The Morgan fingerprint density at radius 3 is 2.14 bits per heavy atom. The van der Waals surface area contributed by atoms with E-state index in [9.17, 15) is 39.5 Å². The topological polar surface area (TPSA) is 249 Å². The molecule has 342 valence electrons. The number of Topliss-reactive ketones (excluding diaryl/α,β-unsaturated/α-hetero) is 1. The second-order valence-electron chi connectivity index (χ2n) is 14.8. The van der Waals surface area contributed by atoms with Crippen molar-refractivity contribution in [2.24, 2.45) is 0 Å². The standard InChI is InChI=1S/C26H37N5O9.C20H12O5/c1-20-16-23(31(35)36)5-6-24(20)28-17-25(33)27-8-7-22-18-30(19-29-22)26(34)40-15-14-39-13-12-38-11-10-37-9-3-4-21(2)32;21-11-5-7-15-17(9-11)24-18-10-12(22)6-8-16(18)20(15)14-4-2-1-3-13(14)19(23)25-20/h5-6,16,18-19,28H,3-4,7-15,17H2,1-2H3,(H,27,33);1-10,21-22H. The van der Waals surface area contributed by atoms with Gasteiger partial charge in [0, 0.05) is 78.8 Å². The summed E-state index contributed by atoms with van der Waals surface area (Å²) < 4.78 is 34.2. The number of benzene rings is 4. The van der Waals surface area contributed by atoms with Gasteiger partial charge in [-0.3, -0.25) is 14.9 Å². The zero-order valence-corrected chi connectivity index (χ0v) is 35.8. The maximum Gasteiger partial charge on any atom is 0.419 e. The van der Waals surface area contributed by atoms with Gasteiger partial charge in [0.15, 0.2) is 5.60 Å². The number of aromatic nitrogens is 2. The van der Waals surface area contributed by atoms with Gasteiger partial charge in [0.25, 0.3) is 5.69 Å². The van der Waals surface area contributed by atoms with Crippen molar-refractivity contribution >= 4 is 35.1 Å². The number of ketones is 1. The van der Waals surface area contributed by atoms with Crippen LogP contribution < -0.4 is 15.4 Å². The number of carbonyl (C=O) groups is 4. The number of phenols is 2. The van der Waals surface area contributed by atoms with E-state index < -0.39 is 22.6 Å². The van der Waals surface area contributed by atoms with Crippen LogP contribution in [0, 0.1) is 17.0 Å². The fourth-order valence-electron chi connectivity index (χ4n) is 7.00. The second-order valence-corrected chi connectivity index (χ2v) is 14.8. The van der Waals surface area contributed by atoms with Crippen LogP contribution in [0.4, 0.5) is 16.2 Å². The monoisotopic (exact) mass is 895 g/mol. The van der Waals surface area contributed by atoms with Crippen LogP contribution in [-0.4, -0.2) is 108 Å². The Morgan fingerprint density at radius 1 is 0.846 bits per heavy atom. The van der Waals surface area contributed by atoms with Crippen LogP contribution >= 0.6 is 0 Å². The van der Waals surface area contributed by atoms with Crippen molar-refractivity contribution in [3.63, 3.8) is 0 Å². The molecule has 3 heterocycles. The number of hydrogen-bond donors (Lipinski definition) is 4. The molecule has 0 radical (unpaired) electrons. The number of nitrogens with zero attached hydrogens (tertiary/aromatic N) is 3. The Labute approximate surface area is 373 Å². The van der Waals surface area contributed by atoms with Gasteiger partial charge in [-0.2, -0.15) is 0 Å². The lowest BCUT2D eigenvalue weighted by Crippen LogP contribution is -2.32. The molecule has 4 N–H and O–H groups in total. The lowest BCUT2D eigenvalue weighted by Gasteiger charge is -2.36. The van der Waals surface area contributed by atoms with Crippen molar-refractivity contribution in [1.82, 2.24) is 14.9 Å². The molecule has 65 heavy (non-hydrogen) atoms. The molecule has 19 heteroatoms. The van der Waals surface area contributed by atoms with Gasteiger partial charge in [0.2, 0.25) is 5.91 Å². The average molecular weight is 896 g/mol. The molecule has 0 bridgehead atoms. The van der Waals surface area contributed by atoms with E-state index in [1.807, 2.05) is 12.1 Å². The van der Waals surface area contributed by atoms with Gasteiger partial charge in [0.05, 0.1) is 55.8 Å². The Morgan fingerprint density at radius 2 is 1.49 bits per heavy atom. The van der Waals surface area contributed by atoms with E-state index in [4.69, 9.17) is 28.4 Å². The largest absolute Gasteiger partial charge is 0.508 e. The number of nitrogens with one attached hydrogen (secondary N) is 2. The molecule has 0 unspecified atom stereocenters. The summed E-state index contributed by atoms with van der Waals surface area (Å²) in [5.74, 6) is 0.308. The summed E-state index contributed by atoms with van der Waals surface area (Å²) in [6.07, 6.45) is 3.93. The van der Waals surface area contributed by atoms with E-state index in [-0.39, 0.29) is 48.6 Å². The molecule has 0 saturated carbocycles. The molecule has 7 rings (SSSR count). The SMILES string of the molecule is CC(=O)CCCOCCOCCOCCOC(=O)n1cnc(CCNC(=O)CNc2ccc([N+](=O)[O-])cc2C)c1.O=C1OC2(c3ccc(O)cc3Oc3cc(O)ccc32)c2ccccc21. The third-order valence-electron chi connectivity index (χ3n) is 10.1. The van der Waals surface area contributed by atoms with Crippen molar-refractivity contribution in [3.05, 3.63) is 135 Å². The van der Waals surface area contributed by atoms with Gasteiger partial charge >= 0.3 is 12.1 Å². The van der Waals surface area contributed by atoms with Gasteiger partial charge in [-0.25, -0.2) is 19.1 Å². The number of fused-ring (bicyclic) bond motifs is 6. The Hall–Kier alpha value is -7.35. The van der Waals surface area contributed by atoms with E-state index in [1.165, 1.54) is 53.5 Å². The molecule has 1 amide bonds. The highest BCUT2D eigenvalue weighted by Gasteiger charge is 2.53. The highest BCUT2D eigenvalue weighted by Crippen LogP contribution is 2.56. The van der Waals surface area contributed by atoms with Crippen LogP contribution in [-0.2, 0) is 45.3 Å². The quantitative estimate of drug-likeness (QED) is 0.0305. The second kappa shape index (κ2) is 22.3. The molecular formula is C46H49N5O14. The third kappa shape index (κ3) is 12.2. The van der Waals surface area contributed by atoms with Crippen LogP contribution in [0.25, 0.3) is 0 Å². The number of imidazole rings is 1. The number of aromatic hydroxyl groups is 2. The lowest BCUT2D eigenvalue weighted by atomic mass is 9.77. The summed E-state index contributed by atoms with van der Waals surface area (Å²) >= 11 is 0. The van der Waals surface area contributed by atoms with E-state index in [0.29, 0.717) is 110 Å². The van der Waals surface area contributed by atoms with Gasteiger partial charge in [-0.15, -0.1) is 0 Å². The predicted molar refractivity (Wildman–Crippen MR) is 232 cm³/mol. The maximum absolute atomic E-state index is 12.5. The van der Waals surface area contributed by atoms with E-state index in [2.05, 4.69) is 15.6 Å². The minimum absolute atomic E-state index is 0.00517. The van der Waals surface area contributed by atoms with Gasteiger partial charge in [0.1, 0.15) is 41.7 Å². The summed E-state index contributed by atoms with van der Waals surface area (Å²) in [5.41, 5.74) is 3.18. The zero-order chi connectivity index (χ0) is 46.3. The first-order valence-electron chi connectivity index (χ1n) is 20.7. The third-order valence-corrected chi connectivity index (χ3v) is 10.1. The van der Waals surface area contributed by atoms with Crippen LogP contribution in [0.3, 0.4) is 0 Å². The van der Waals surface area contributed by atoms with E-state index in [1.54, 1.807) is 44.2 Å². The maximum atomic E-state index is 12.5. The molecule has 1 aromatic heterocycles. The van der Waals surface area contributed by atoms with Crippen LogP contribution in [0.15, 0.2) is 91.4 Å². The Kier molecular flexibility index (Phi) is 16.2. The smallest absolute Gasteiger partial charge is 0.419 e. The highest BCUT2D eigenvalue weighted by atomic mass is 16.6. The van der Waals surface area contributed by atoms with Crippen LogP contribution in [0.1, 0.15) is 58.1 Å². The molecule has 2 aliphatic rings. The number of aryl methyl sites for hydroxylation is 1. The number of hydrogen-bond acceptors (Lipinski definition) is 16. The van der Waals surface area contributed by atoms with Gasteiger partial charge in [-0.1, -0.05) is 18.2 Å². The number of nitro benzene ring substituents is 1. The molecule has 4 aromatic carbocycles.